The summed E-state index contributed by atoms with van der Waals surface area (Å²) >= 11 is 0. The molecule has 0 amide bonds. The predicted octanol–water partition coefficient (Wildman–Crippen LogP) is 12.7. The van der Waals surface area contributed by atoms with Crippen molar-refractivity contribution in [2.75, 3.05) is 0 Å². The van der Waals surface area contributed by atoms with Crippen molar-refractivity contribution in [3.05, 3.63) is 193 Å². The number of para-hydroxylation sites is 1. The van der Waals surface area contributed by atoms with Crippen molar-refractivity contribution in [1.82, 2.24) is 19.9 Å². The fourth-order valence-electron chi connectivity index (χ4n) is 7.27. The maximum atomic E-state index is 7.07. The Morgan fingerprint density at radius 2 is 1.02 bits per heavy atom. The maximum absolute atomic E-state index is 7.07. The molecule has 0 bridgehead atoms. The van der Waals surface area contributed by atoms with Gasteiger partial charge < -0.3 is 4.74 Å². The lowest BCUT2D eigenvalue weighted by molar-refractivity contribution is 0.492. The van der Waals surface area contributed by atoms with Gasteiger partial charge in [-0.25, -0.2) is 19.9 Å². The number of aromatic nitrogens is 4. The van der Waals surface area contributed by atoms with Crippen molar-refractivity contribution in [1.29, 1.82) is 0 Å². The van der Waals surface area contributed by atoms with Crippen molar-refractivity contribution >= 4 is 22.9 Å². The van der Waals surface area contributed by atoms with Crippen LogP contribution in [-0.2, 0) is 0 Å². The van der Waals surface area contributed by atoms with Crippen LogP contribution in [0.25, 0.3) is 90.5 Å². The molecular formula is C50H32N4O. The van der Waals surface area contributed by atoms with E-state index in [-0.39, 0.29) is 0 Å². The minimum Gasteiger partial charge on any atom is -0.455 e. The molecule has 5 nitrogen and oxygen atoms in total. The van der Waals surface area contributed by atoms with Crippen LogP contribution in [0.5, 0.6) is 11.5 Å². The number of hydrogen-bond donors (Lipinski definition) is 0. The summed E-state index contributed by atoms with van der Waals surface area (Å²) in [4.78, 5) is 19.8. The second-order valence-corrected chi connectivity index (χ2v) is 13.5. The molecule has 2 aromatic heterocycles. The van der Waals surface area contributed by atoms with E-state index in [9.17, 15) is 0 Å². The summed E-state index contributed by atoms with van der Waals surface area (Å²) in [7, 11) is 0. The molecule has 0 aliphatic carbocycles. The van der Waals surface area contributed by atoms with Gasteiger partial charge in [0.15, 0.2) is 11.6 Å². The van der Waals surface area contributed by atoms with Crippen LogP contribution in [0.3, 0.4) is 0 Å². The molecule has 0 spiro atoms. The SMILES string of the molecule is C1=Cc2ccc(-c3nc(-c4ccccc4)cc(-c4cnc(-c5ccccc5)nc4)n3)cc2-c2ccc3ccccc3c2Oc2ccccc2-c2ccccc21. The molecule has 258 valence electrons. The van der Waals surface area contributed by atoms with Crippen LogP contribution in [0, 0.1) is 0 Å². The van der Waals surface area contributed by atoms with Crippen LogP contribution >= 0.6 is 0 Å². The number of rotatable bonds is 4. The van der Waals surface area contributed by atoms with E-state index in [1.165, 1.54) is 0 Å². The van der Waals surface area contributed by atoms with Gasteiger partial charge in [0.25, 0.3) is 0 Å². The Morgan fingerprint density at radius 3 is 1.82 bits per heavy atom. The van der Waals surface area contributed by atoms with Gasteiger partial charge in [0.2, 0.25) is 0 Å². The minimum absolute atomic E-state index is 0.600. The fraction of sp³-hybridized carbons (Fsp3) is 0. The molecule has 0 saturated carbocycles. The molecule has 1 aliphatic rings. The summed E-state index contributed by atoms with van der Waals surface area (Å²) in [6.45, 7) is 0. The molecular weight excluding hydrogens is 673 g/mol. The zero-order chi connectivity index (χ0) is 36.6. The molecule has 55 heavy (non-hydrogen) atoms. The van der Waals surface area contributed by atoms with Gasteiger partial charge in [-0.1, -0.05) is 158 Å². The number of nitrogens with zero attached hydrogens (tertiary/aromatic N) is 4. The lowest BCUT2D eigenvalue weighted by atomic mass is 9.93. The Labute approximate surface area is 319 Å². The first-order chi connectivity index (χ1) is 27.2. The van der Waals surface area contributed by atoms with E-state index >= 15 is 0 Å². The Bertz CT molecular complexity index is 2890. The van der Waals surface area contributed by atoms with Crippen LogP contribution in [0.15, 0.2) is 182 Å². The van der Waals surface area contributed by atoms with E-state index < -0.39 is 0 Å². The first-order valence-corrected chi connectivity index (χ1v) is 18.3. The van der Waals surface area contributed by atoms with E-state index in [2.05, 4.69) is 121 Å². The van der Waals surface area contributed by atoms with Crippen molar-refractivity contribution in [2.45, 2.75) is 0 Å². The molecule has 5 heteroatoms. The van der Waals surface area contributed by atoms with Crippen molar-refractivity contribution in [2.24, 2.45) is 0 Å². The van der Waals surface area contributed by atoms with E-state index in [0.29, 0.717) is 11.6 Å². The van der Waals surface area contributed by atoms with Crippen LogP contribution in [0.2, 0.25) is 0 Å². The van der Waals surface area contributed by atoms with Crippen LogP contribution < -0.4 is 4.74 Å². The molecule has 0 atom stereocenters. The number of fused-ring (bicyclic) bond motifs is 8. The predicted molar refractivity (Wildman–Crippen MR) is 223 cm³/mol. The highest BCUT2D eigenvalue weighted by molar-refractivity contribution is 5.99. The Hall–Kier alpha value is -7.50. The van der Waals surface area contributed by atoms with Crippen LogP contribution in [0.1, 0.15) is 11.1 Å². The Morgan fingerprint density at radius 1 is 0.382 bits per heavy atom. The first kappa shape index (κ1) is 32.2. The summed E-state index contributed by atoms with van der Waals surface area (Å²) in [6.07, 6.45) is 8.07. The van der Waals surface area contributed by atoms with Gasteiger partial charge in [0, 0.05) is 51.2 Å². The third kappa shape index (κ3) is 6.14. The second-order valence-electron chi connectivity index (χ2n) is 13.5. The maximum Gasteiger partial charge on any atom is 0.160 e. The molecule has 0 saturated heterocycles. The number of hydrogen-bond acceptors (Lipinski definition) is 5. The van der Waals surface area contributed by atoms with Gasteiger partial charge in [-0.3, -0.25) is 0 Å². The highest BCUT2D eigenvalue weighted by atomic mass is 16.5. The normalized spacial score (nSPS) is 11.7. The van der Waals surface area contributed by atoms with Gasteiger partial charge >= 0.3 is 0 Å². The van der Waals surface area contributed by atoms with Gasteiger partial charge in [-0.05, 0) is 51.9 Å². The molecule has 7 aromatic carbocycles. The molecule has 0 unspecified atom stereocenters. The van der Waals surface area contributed by atoms with Crippen LogP contribution in [0.4, 0.5) is 0 Å². The minimum atomic E-state index is 0.600. The quantitative estimate of drug-likeness (QED) is 0.182. The summed E-state index contributed by atoms with van der Waals surface area (Å²) in [5.41, 5.74) is 11.5. The highest BCUT2D eigenvalue weighted by Gasteiger charge is 2.20. The first-order valence-electron chi connectivity index (χ1n) is 18.3. The molecule has 3 heterocycles. The average Bonchev–Trinajstić information content (AvgIpc) is 3.28. The monoisotopic (exact) mass is 704 g/mol. The van der Waals surface area contributed by atoms with E-state index in [0.717, 1.165) is 89.3 Å². The largest absolute Gasteiger partial charge is 0.455 e. The number of ether oxygens (including phenoxy) is 1. The van der Waals surface area contributed by atoms with Crippen LogP contribution in [-0.4, -0.2) is 19.9 Å². The third-order valence-electron chi connectivity index (χ3n) is 10.0. The van der Waals surface area contributed by atoms with E-state index in [4.69, 9.17) is 24.7 Å². The standard InChI is InChI=1S/C50H32N4O/c1-3-15-36(16-4-1)45-30-46(39-31-51-49(52-32-39)37-17-5-2-6-18-37)54-50(53-45)38-26-25-35-24-23-33-13-7-9-19-40(33)42-21-11-12-22-47(42)55-48-41-20-10-8-14-34(41)27-28-43(48)44(35)29-38/h1-32H. The molecule has 10 rings (SSSR count). The smallest absolute Gasteiger partial charge is 0.160 e. The van der Waals surface area contributed by atoms with Gasteiger partial charge in [0.05, 0.1) is 11.4 Å². The molecule has 0 fully saturated rings. The van der Waals surface area contributed by atoms with E-state index in [1.807, 2.05) is 73.1 Å². The molecule has 1 aliphatic heterocycles. The Balaban J connectivity index is 1.18. The van der Waals surface area contributed by atoms with Crippen molar-refractivity contribution in [3.63, 3.8) is 0 Å². The summed E-state index contributed by atoms with van der Waals surface area (Å²) < 4.78 is 7.07. The number of benzene rings is 7. The zero-order valence-corrected chi connectivity index (χ0v) is 29.7. The summed E-state index contributed by atoms with van der Waals surface area (Å²) in [5, 5.41) is 2.14. The average molecular weight is 705 g/mol. The summed E-state index contributed by atoms with van der Waals surface area (Å²) in [6, 6.07) is 58.1. The van der Waals surface area contributed by atoms with Crippen molar-refractivity contribution < 1.29 is 4.74 Å². The van der Waals surface area contributed by atoms with E-state index in [1.54, 1.807) is 0 Å². The molecule has 9 aromatic rings. The molecule has 0 N–H and O–H groups in total. The van der Waals surface area contributed by atoms with Gasteiger partial charge in [0.1, 0.15) is 11.5 Å². The topological polar surface area (TPSA) is 60.8 Å². The molecule has 0 radical (unpaired) electrons. The Kier molecular flexibility index (Phi) is 8.08. The third-order valence-corrected chi connectivity index (χ3v) is 10.0. The lowest BCUT2D eigenvalue weighted by Gasteiger charge is -2.18. The van der Waals surface area contributed by atoms with Gasteiger partial charge in [-0.2, -0.15) is 0 Å². The lowest BCUT2D eigenvalue weighted by Crippen LogP contribution is -1.98. The van der Waals surface area contributed by atoms with Crippen molar-refractivity contribution in [3.8, 4) is 79.0 Å². The highest BCUT2D eigenvalue weighted by Crippen LogP contribution is 2.45. The van der Waals surface area contributed by atoms with Gasteiger partial charge in [-0.15, -0.1) is 0 Å². The zero-order valence-electron chi connectivity index (χ0n) is 29.7. The summed E-state index contributed by atoms with van der Waals surface area (Å²) in [5.74, 6) is 2.86. The second kappa shape index (κ2) is 13.8. The fourth-order valence-corrected chi connectivity index (χ4v) is 7.27.